The van der Waals surface area contributed by atoms with Crippen molar-refractivity contribution in [1.29, 1.82) is 0 Å². The van der Waals surface area contributed by atoms with Crippen LogP contribution in [0.5, 0.6) is 0 Å². The molecule has 3 nitrogen and oxygen atoms in total. The molecule has 3 rings (SSSR count). The SMILES string of the molecule is NC1(CN2CCN(c3ccccc3Cl)CC2)CC1. The molecule has 1 saturated heterocycles. The number of piperazine rings is 1. The van der Waals surface area contributed by atoms with Gasteiger partial charge in [-0.1, -0.05) is 23.7 Å². The topological polar surface area (TPSA) is 32.5 Å². The van der Waals surface area contributed by atoms with Crippen molar-refractivity contribution in [3.8, 4) is 0 Å². The van der Waals surface area contributed by atoms with E-state index in [1.807, 2.05) is 18.2 Å². The second-order valence-corrected chi connectivity index (χ2v) is 5.98. The smallest absolute Gasteiger partial charge is 0.0639 e. The largest absolute Gasteiger partial charge is 0.368 e. The monoisotopic (exact) mass is 265 g/mol. The third-order valence-electron chi connectivity index (χ3n) is 4.00. The van der Waals surface area contributed by atoms with Crippen molar-refractivity contribution in [2.45, 2.75) is 18.4 Å². The standard InChI is InChI=1S/C14H20ClN3/c15-12-3-1-2-4-13(12)18-9-7-17(8-10-18)11-14(16)5-6-14/h1-4H,5-11,16H2. The van der Waals surface area contributed by atoms with E-state index in [9.17, 15) is 0 Å². The molecule has 0 amide bonds. The summed E-state index contributed by atoms with van der Waals surface area (Å²) in [7, 11) is 0. The van der Waals surface area contributed by atoms with Gasteiger partial charge in [0.2, 0.25) is 0 Å². The van der Waals surface area contributed by atoms with Crippen LogP contribution in [0.2, 0.25) is 5.02 Å². The van der Waals surface area contributed by atoms with Gasteiger partial charge in [-0.15, -0.1) is 0 Å². The van der Waals surface area contributed by atoms with Crippen LogP contribution < -0.4 is 10.6 Å². The fourth-order valence-electron chi connectivity index (χ4n) is 2.62. The van der Waals surface area contributed by atoms with E-state index in [4.69, 9.17) is 17.3 Å². The highest BCUT2D eigenvalue weighted by Crippen LogP contribution is 2.33. The maximum Gasteiger partial charge on any atom is 0.0639 e. The lowest BCUT2D eigenvalue weighted by Gasteiger charge is -2.37. The lowest BCUT2D eigenvalue weighted by Crippen LogP contribution is -2.50. The molecule has 98 valence electrons. The average molecular weight is 266 g/mol. The van der Waals surface area contributed by atoms with Crippen LogP contribution in [0.3, 0.4) is 0 Å². The number of nitrogens with two attached hydrogens (primary N) is 1. The molecule has 0 unspecified atom stereocenters. The maximum atomic E-state index is 6.24. The summed E-state index contributed by atoms with van der Waals surface area (Å²) in [6, 6.07) is 8.09. The van der Waals surface area contributed by atoms with E-state index < -0.39 is 0 Å². The summed E-state index contributed by atoms with van der Waals surface area (Å²) in [6.07, 6.45) is 2.38. The summed E-state index contributed by atoms with van der Waals surface area (Å²) in [5, 5.41) is 0.850. The predicted octanol–water partition coefficient (Wildman–Crippen LogP) is 1.95. The predicted molar refractivity (Wildman–Crippen MR) is 76.3 cm³/mol. The highest BCUT2D eigenvalue weighted by Gasteiger charge is 2.40. The van der Waals surface area contributed by atoms with Crippen molar-refractivity contribution >= 4 is 17.3 Å². The van der Waals surface area contributed by atoms with Crippen LogP contribution in [-0.2, 0) is 0 Å². The lowest BCUT2D eigenvalue weighted by atomic mass is 10.2. The fourth-order valence-corrected chi connectivity index (χ4v) is 2.87. The average Bonchev–Trinajstić information content (AvgIpc) is 3.09. The molecular weight excluding hydrogens is 246 g/mol. The minimum atomic E-state index is 0.132. The van der Waals surface area contributed by atoms with Crippen LogP contribution in [0.1, 0.15) is 12.8 Å². The quantitative estimate of drug-likeness (QED) is 0.907. The van der Waals surface area contributed by atoms with E-state index in [1.165, 1.54) is 12.8 Å². The Morgan fingerprint density at radius 3 is 2.39 bits per heavy atom. The van der Waals surface area contributed by atoms with Crippen molar-refractivity contribution in [2.24, 2.45) is 5.73 Å². The normalized spacial score (nSPS) is 23.1. The Bertz CT molecular complexity index is 423. The molecule has 0 aromatic heterocycles. The van der Waals surface area contributed by atoms with Crippen LogP contribution >= 0.6 is 11.6 Å². The van der Waals surface area contributed by atoms with Crippen LogP contribution in [0, 0.1) is 0 Å². The highest BCUT2D eigenvalue weighted by atomic mass is 35.5. The molecule has 0 spiro atoms. The van der Waals surface area contributed by atoms with Gasteiger partial charge in [-0.05, 0) is 25.0 Å². The molecule has 0 atom stereocenters. The van der Waals surface area contributed by atoms with Gasteiger partial charge in [-0.2, -0.15) is 0 Å². The third kappa shape index (κ3) is 2.63. The van der Waals surface area contributed by atoms with Crippen molar-refractivity contribution in [2.75, 3.05) is 37.6 Å². The molecule has 1 aliphatic heterocycles. The fraction of sp³-hybridized carbons (Fsp3) is 0.571. The highest BCUT2D eigenvalue weighted by molar-refractivity contribution is 6.33. The zero-order valence-electron chi connectivity index (χ0n) is 10.6. The van der Waals surface area contributed by atoms with Gasteiger partial charge in [0.1, 0.15) is 0 Å². The van der Waals surface area contributed by atoms with E-state index in [-0.39, 0.29) is 5.54 Å². The number of halogens is 1. The lowest BCUT2D eigenvalue weighted by molar-refractivity contribution is 0.236. The zero-order valence-corrected chi connectivity index (χ0v) is 11.4. The molecular formula is C14H20ClN3. The van der Waals surface area contributed by atoms with Crippen LogP contribution in [0.25, 0.3) is 0 Å². The molecule has 0 bridgehead atoms. The Morgan fingerprint density at radius 1 is 1.11 bits per heavy atom. The Morgan fingerprint density at radius 2 is 1.78 bits per heavy atom. The molecule has 4 heteroatoms. The van der Waals surface area contributed by atoms with Gasteiger partial charge in [-0.25, -0.2) is 0 Å². The molecule has 1 saturated carbocycles. The van der Waals surface area contributed by atoms with E-state index in [1.54, 1.807) is 0 Å². The summed E-state index contributed by atoms with van der Waals surface area (Å²) in [5.74, 6) is 0. The number of hydrogen-bond acceptors (Lipinski definition) is 3. The van der Waals surface area contributed by atoms with E-state index in [0.717, 1.165) is 43.4 Å². The molecule has 1 aliphatic carbocycles. The number of benzene rings is 1. The molecule has 2 aliphatic rings. The number of anilines is 1. The van der Waals surface area contributed by atoms with Gasteiger partial charge >= 0.3 is 0 Å². The Labute approximate surface area is 114 Å². The van der Waals surface area contributed by atoms with Crippen LogP contribution in [-0.4, -0.2) is 43.2 Å². The zero-order chi connectivity index (χ0) is 12.6. The number of nitrogens with zero attached hydrogens (tertiary/aromatic N) is 2. The van der Waals surface area contributed by atoms with E-state index in [2.05, 4.69) is 15.9 Å². The molecule has 1 aromatic rings. The summed E-state index contributed by atoms with van der Waals surface area (Å²) in [6.45, 7) is 5.32. The molecule has 2 fully saturated rings. The van der Waals surface area contributed by atoms with Crippen molar-refractivity contribution < 1.29 is 0 Å². The van der Waals surface area contributed by atoms with E-state index >= 15 is 0 Å². The minimum Gasteiger partial charge on any atom is -0.368 e. The third-order valence-corrected chi connectivity index (χ3v) is 4.32. The van der Waals surface area contributed by atoms with E-state index in [0.29, 0.717) is 0 Å². The van der Waals surface area contributed by atoms with Gasteiger partial charge < -0.3 is 10.6 Å². The molecule has 2 N–H and O–H groups in total. The molecule has 1 heterocycles. The van der Waals surface area contributed by atoms with Gasteiger partial charge in [0.25, 0.3) is 0 Å². The summed E-state index contributed by atoms with van der Waals surface area (Å²) < 4.78 is 0. The van der Waals surface area contributed by atoms with Crippen molar-refractivity contribution in [3.05, 3.63) is 29.3 Å². The van der Waals surface area contributed by atoms with Crippen LogP contribution in [0.15, 0.2) is 24.3 Å². The van der Waals surface area contributed by atoms with Gasteiger partial charge in [0.05, 0.1) is 10.7 Å². The first kappa shape index (κ1) is 12.3. The number of rotatable bonds is 3. The first-order valence-corrected chi connectivity index (χ1v) is 7.05. The number of hydrogen-bond donors (Lipinski definition) is 1. The maximum absolute atomic E-state index is 6.24. The van der Waals surface area contributed by atoms with Gasteiger partial charge in [0.15, 0.2) is 0 Å². The van der Waals surface area contributed by atoms with Crippen LogP contribution in [0.4, 0.5) is 5.69 Å². The Hall–Kier alpha value is -0.770. The molecule has 0 radical (unpaired) electrons. The molecule has 18 heavy (non-hydrogen) atoms. The second kappa shape index (κ2) is 4.72. The number of para-hydroxylation sites is 1. The summed E-state index contributed by atoms with van der Waals surface area (Å²) >= 11 is 6.24. The Balaban J connectivity index is 1.58. The van der Waals surface area contributed by atoms with Crippen molar-refractivity contribution in [1.82, 2.24) is 4.90 Å². The first-order chi connectivity index (χ1) is 8.66. The van der Waals surface area contributed by atoms with Crippen molar-refractivity contribution in [3.63, 3.8) is 0 Å². The summed E-state index contributed by atoms with van der Waals surface area (Å²) in [5.41, 5.74) is 7.46. The first-order valence-electron chi connectivity index (χ1n) is 6.67. The summed E-state index contributed by atoms with van der Waals surface area (Å²) in [4.78, 5) is 4.86. The van der Waals surface area contributed by atoms with Gasteiger partial charge in [0, 0.05) is 38.3 Å². The second-order valence-electron chi connectivity index (χ2n) is 5.58. The molecule has 1 aromatic carbocycles. The van der Waals surface area contributed by atoms with Gasteiger partial charge in [-0.3, -0.25) is 4.90 Å². The minimum absolute atomic E-state index is 0.132. The Kier molecular flexibility index (Phi) is 3.22.